The maximum Gasteiger partial charge on any atom is 0.230 e. The molecule has 1 aromatic carbocycles. The summed E-state index contributed by atoms with van der Waals surface area (Å²) in [6.07, 6.45) is 6.38. The molecule has 0 bridgehead atoms. The van der Waals surface area contributed by atoms with E-state index in [-0.39, 0.29) is 11.3 Å². The van der Waals surface area contributed by atoms with Crippen molar-refractivity contribution in [3.05, 3.63) is 48.3 Å². The molecule has 2 saturated heterocycles. The van der Waals surface area contributed by atoms with Crippen molar-refractivity contribution in [2.45, 2.75) is 25.8 Å². The molecule has 1 aromatic heterocycles. The van der Waals surface area contributed by atoms with E-state index in [0.29, 0.717) is 6.54 Å². The third-order valence-corrected chi connectivity index (χ3v) is 5.55. The number of anilines is 1. The Morgan fingerprint density at radius 1 is 1.12 bits per heavy atom. The maximum atomic E-state index is 13.2. The summed E-state index contributed by atoms with van der Waals surface area (Å²) in [6.45, 7) is 3.10. The summed E-state index contributed by atoms with van der Waals surface area (Å²) in [6, 6.07) is 9.77. The van der Waals surface area contributed by atoms with E-state index in [1.807, 2.05) is 35.2 Å². The van der Waals surface area contributed by atoms with Gasteiger partial charge in [-0.05, 0) is 43.0 Å². The summed E-state index contributed by atoms with van der Waals surface area (Å²) < 4.78 is 5.21. The number of likely N-dealkylation sites (tertiary alicyclic amines) is 1. The van der Waals surface area contributed by atoms with Gasteiger partial charge in [-0.2, -0.15) is 0 Å². The maximum absolute atomic E-state index is 13.2. The lowest BCUT2D eigenvalue weighted by Gasteiger charge is -2.39. The van der Waals surface area contributed by atoms with E-state index in [2.05, 4.69) is 14.9 Å². The van der Waals surface area contributed by atoms with Crippen molar-refractivity contribution in [3.8, 4) is 5.75 Å². The molecule has 0 saturated carbocycles. The summed E-state index contributed by atoms with van der Waals surface area (Å²) in [7, 11) is 1.66. The Morgan fingerprint density at radius 2 is 1.88 bits per heavy atom. The van der Waals surface area contributed by atoms with E-state index in [9.17, 15) is 4.79 Å². The molecule has 2 aliphatic heterocycles. The summed E-state index contributed by atoms with van der Waals surface area (Å²) in [5.41, 5.74) is 0.847. The zero-order valence-corrected chi connectivity index (χ0v) is 15.1. The number of rotatable bonds is 4. The fourth-order valence-corrected chi connectivity index (χ4v) is 4.13. The van der Waals surface area contributed by atoms with Crippen LogP contribution < -0.4 is 9.64 Å². The number of aromatic nitrogens is 2. The topological polar surface area (TPSA) is 58.6 Å². The molecule has 6 heteroatoms. The van der Waals surface area contributed by atoms with E-state index in [1.54, 1.807) is 19.5 Å². The molecule has 0 N–H and O–H groups in total. The van der Waals surface area contributed by atoms with E-state index in [4.69, 9.17) is 4.74 Å². The van der Waals surface area contributed by atoms with Crippen LogP contribution in [0, 0.1) is 5.41 Å². The standard InChI is InChI=1S/C20H24N4O2/c1-26-17-6-4-16(5-7-17)14-23-13-9-20(18(23)25)8-2-12-24(15-20)19-21-10-3-11-22-19/h3-7,10-11H,2,8-9,12-15H2,1H3/t20-/m0/s1. The van der Waals surface area contributed by atoms with Gasteiger partial charge in [-0.3, -0.25) is 4.79 Å². The number of hydrogen-bond acceptors (Lipinski definition) is 5. The minimum atomic E-state index is -0.288. The van der Waals surface area contributed by atoms with Crippen LogP contribution in [0.5, 0.6) is 5.75 Å². The third-order valence-electron chi connectivity index (χ3n) is 5.55. The zero-order valence-electron chi connectivity index (χ0n) is 15.1. The minimum absolute atomic E-state index is 0.272. The predicted molar refractivity (Wildman–Crippen MR) is 98.9 cm³/mol. The molecule has 1 amide bonds. The van der Waals surface area contributed by atoms with Gasteiger partial charge in [-0.1, -0.05) is 12.1 Å². The Hall–Kier alpha value is -2.63. The average Bonchev–Trinajstić information content (AvgIpc) is 2.99. The van der Waals surface area contributed by atoms with Gasteiger partial charge in [-0.25, -0.2) is 9.97 Å². The number of benzene rings is 1. The number of nitrogens with zero attached hydrogens (tertiary/aromatic N) is 4. The number of ether oxygens (including phenoxy) is 1. The quantitative estimate of drug-likeness (QED) is 0.846. The van der Waals surface area contributed by atoms with Crippen molar-refractivity contribution >= 4 is 11.9 Å². The monoisotopic (exact) mass is 352 g/mol. The lowest BCUT2D eigenvalue weighted by molar-refractivity contribution is -0.137. The minimum Gasteiger partial charge on any atom is -0.497 e. The van der Waals surface area contributed by atoms with Crippen molar-refractivity contribution in [3.63, 3.8) is 0 Å². The van der Waals surface area contributed by atoms with Crippen molar-refractivity contribution in [1.29, 1.82) is 0 Å². The SMILES string of the molecule is COc1ccc(CN2CC[C@]3(CCCN(c4ncccn4)C3)C2=O)cc1. The highest BCUT2D eigenvalue weighted by atomic mass is 16.5. The van der Waals surface area contributed by atoms with Crippen LogP contribution >= 0.6 is 0 Å². The number of amides is 1. The normalized spacial score (nSPS) is 22.9. The molecule has 1 spiro atoms. The van der Waals surface area contributed by atoms with Crippen LogP contribution in [0.4, 0.5) is 5.95 Å². The summed E-state index contributed by atoms with van der Waals surface area (Å²) >= 11 is 0. The van der Waals surface area contributed by atoms with Crippen LogP contribution in [-0.2, 0) is 11.3 Å². The lowest BCUT2D eigenvalue weighted by Crippen LogP contribution is -2.48. The van der Waals surface area contributed by atoms with E-state index in [1.165, 1.54) is 0 Å². The van der Waals surface area contributed by atoms with Crippen LogP contribution in [0.1, 0.15) is 24.8 Å². The fourth-order valence-electron chi connectivity index (χ4n) is 4.13. The van der Waals surface area contributed by atoms with E-state index in [0.717, 1.165) is 56.2 Å². The second kappa shape index (κ2) is 6.94. The molecule has 136 valence electrons. The molecule has 0 radical (unpaired) electrons. The summed E-state index contributed by atoms with van der Waals surface area (Å²) in [5.74, 6) is 1.84. The molecular formula is C20H24N4O2. The second-order valence-electron chi connectivity index (χ2n) is 7.18. The lowest BCUT2D eigenvalue weighted by atomic mass is 9.78. The van der Waals surface area contributed by atoms with Crippen molar-refractivity contribution in [2.24, 2.45) is 5.41 Å². The molecular weight excluding hydrogens is 328 g/mol. The summed E-state index contributed by atoms with van der Waals surface area (Å²) in [4.78, 5) is 26.1. The molecule has 2 fully saturated rings. The third kappa shape index (κ3) is 3.11. The first-order chi connectivity index (χ1) is 12.7. The zero-order chi connectivity index (χ0) is 18.0. The molecule has 2 aromatic rings. The highest BCUT2D eigenvalue weighted by molar-refractivity contribution is 5.85. The van der Waals surface area contributed by atoms with Gasteiger partial charge < -0.3 is 14.5 Å². The van der Waals surface area contributed by atoms with Crippen LogP contribution in [0.15, 0.2) is 42.7 Å². The molecule has 3 heterocycles. The molecule has 0 aliphatic carbocycles. The highest BCUT2D eigenvalue weighted by Crippen LogP contribution is 2.41. The molecule has 1 atom stereocenters. The Balaban J connectivity index is 1.47. The average molecular weight is 352 g/mol. The van der Waals surface area contributed by atoms with Crippen molar-refractivity contribution in [1.82, 2.24) is 14.9 Å². The number of carbonyl (C=O) groups excluding carboxylic acids is 1. The molecule has 26 heavy (non-hydrogen) atoms. The van der Waals surface area contributed by atoms with Gasteiger partial charge in [0.1, 0.15) is 5.75 Å². The summed E-state index contributed by atoms with van der Waals surface area (Å²) in [5, 5.41) is 0. The Labute approximate surface area is 153 Å². The van der Waals surface area contributed by atoms with Crippen molar-refractivity contribution in [2.75, 3.05) is 31.6 Å². The van der Waals surface area contributed by atoms with Crippen LogP contribution in [0.2, 0.25) is 0 Å². The van der Waals surface area contributed by atoms with Crippen molar-refractivity contribution < 1.29 is 9.53 Å². The highest BCUT2D eigenvalue weighted by Gasteiger charge is 2.49. The number of methoxy groups -OCH3 is 1. The van der Waals surface area contributed by atoms with Crippen LogP contribution in [0.3, 0.4) is 0 Å². The molecule has 4 rings (SSSR count). The molecule has 2 aliphatic rings. The predicted octanol–water partition coefficient (Wildman–Crippen LogP) is 2.50. The first-order valence-electron chi connectivity index (χ1n) is 9.14. The van der Waals surface area contributed by atoms with E-state index < -0.39 is 0 Å². The Morgan fingerprint density at radius 3 is 2.62 bits per heavy atom. The number of piperidine rings is 1. The largest absolute Gasteiger partial charge is 0.497 e. The Bertz CT molecular complexity index is 765. The Kier molecular flexibility index (Phi) is 4.49. The van der Waals surface area contributed by atoms with Crippen LogP contribution in [-0.4, -0.2) is 47.5 Å². The van der Waals surface area contributed by atoms with Gasteiger partial charge in [0.2, 0.25) is 11.9 Å². The molecule has 0 unspecified atom stereocenters. The first-order valence-corrected chi connectivity index (χ1v) is 9.14. The molecule has 6 nitrogen and oxygen atoms in total. The van der Waals surface area contributed by atoms with Gasteiger partial charge in [0.05, 0.1) is 12.5 Å². The van der Waals surface area contributed by atoms with Gasteiger partial charge in [-0.15, -0.1) is 0 Å². The second-order valence-corrected chi connectivity index (χ2v) is 7.18. The smallest absolute Gasteiger partial charge is 0.230 e. The van der Waals surface area contributed by atoms with E-state index >= 15 is 0 Å². The van der Waals surface area contributed by atoms with Crippen LogP contribution in [0.25, 0.3) is 0 Å². The van der Waals surface area contributed by atoms with Gasteiger partial charge in [0.25, 0.3) is 0 Å². The van der Waals surface area contributed by atoms with Gasteiger partial charge in [0.15, 0.2) is 0 Å². The fraction of sp³-hybridized carbons (Fsp3) is 0.450. The first kappa shape index (κ1) is 16.8. The number of carbonyl (C=O) groups is 1. The van der Waals surface area contributed by atoms with Gasteiger partial charge >= 0.3 is 0 Å². The van der Waals surface area contributed by atoms with Gasteiger partial charge in [0, 0.05) is 38.6 Å². The number of hydrogen-bond donors (Lipinski definition) is 0.